The van der Waals surface area contributed by atoms with Crippen molar-refractivity contribution >= 4 is 11.3 Å². The van der Waals surface area contributed by atoms with Gasteiger partial charge in [0.2, 0.25) is 0 Å². The third kappa shape index (κ3) is 7.86. The molecule has 2 N–H and O–H groups in total. The molecule has 1 aliphatic rings. The lowest BCUT2D eigenvalue weighted by Gasteiger charge is -2.30. The standard InChI is InChI=1S/C11H22.C10H13N.C2H4/c1-3-7-11-9-6-5-8-10(11)4-2;1-7(2)10-5-4-9(11)6-8(10)3;1-2/h10-11H,3-9H2,1-2H3;4-6H,1,11H2,2-3H3;1-2H2. The maximum Gasteiger partial charge on any atom is 0.0317 e. The number of aryl methyl sites for hydroxylation is 1. The number of hydrogen-bond donors (Lipinski definition) is 1. The van der Waals surface area contributed by atoms with E-state index in [1.54, 1.807) is 0 Å². The predicted molar refractivity (Wildman–Crippen MR) is 112 cm³/mol. The zero-order valence-electron chi connectivity index (χ0n) is 16.5. The summed E-state index contributed by atoms with van der Waals surface area (Å²) >= 11 is 0. The Morgan fingerprint density at radius 1 is 1.12 bits per heavy atom. The molecular formula is C23H39N. The van der Waals surface area contributed by atoms with Crippen LogP contribution >= 0.6 is 0 Å². The molecule has 2 rings (SSSR count). The van der Waals surface area contributed by atoms with Crippen molar-refractivity contribution in [1.29, 1.82) is 0 Å². The maximum atomic E-state index is 5.60. The average Bonchev–Trinajstić information content (AvgIpc) is 2.57. The molecule has 1 aliphatic carbocycles. The molecule has 1 fully saturated rings. The Morgan fingerprint density at radius 2 is 1.71 bits per heavy atom. The first-order valence-electron chi connectivity index (χ1n) is 9.51. The molecule has 2 atom stereocenters. The Hall–Kier alpha value is -1.50. The first-order valence-corrected chi connectivity index (χ1v) is 9.51. The zero-order chi connectivity index (χ0) is 18.5. The van der Waals surface area contributed by atoms with Gasteiger partial charge in [-0.25, -0.2) is 0 Å². The van der Waals surface area contributed by atoms with E-state index in [4.69, 9.17) is 5.73 Å². The van der Waals surface area contributed by atoms with Crippen LogP contribution in [0, 0.1) is 18.8 Å². The largest absolute Gasteiger partial charge is 0.399 e. The topological polar surface area (TPSA) is 26.0 Å². The molecule has 0 aliphatic heterocycles. The van der Waals surface area contributed by atoms with Gasteiger partial charge in [0.15, 0.2) is 0 Å². The van der Waals surface area contributed by atoms with Gasteiger partial charge in [-0.3, -0.25) is 0 Å². The van der Waals surface area contributed by atoms with Gasteiger partial charge in [-0.2, -0.15) is 0 Å². The van der Waals surface area contributed by atoms with E-state index in [0.29, 0.717) is 0 Å². The van der Waals surface area contributed by atoms with Crippen molar-refractivity contribution in [2.24, 2.45) is 11.8 Å². The maximum absolute atomic E-state index is 5.60. The summed E-state index contributed by atoms with van der Waals surface area (Å²) in [5.74, 6) is 2.16. The molecular weight excluding hydrogens is 290 g/mol. The molecule has 0 heterocycles. The Bertz CT molecular complexity index is 473. The summed E-state index contributed by atoms with van der Waals surface area (Å²) in [6.45, 7) is 18.6. The Morgan fingerprint density at radius 3 is 2.17 bits per heavy atom. The molecule has 2 unspecified atom stereocenters. The van der Waals surface area contributed by atoms with Crippen molar-refractivity contribution in [3.8, 4) is 0 Å². The Kier molecular flexibility index (Phi) is 12.1. The number of rotatable bonds is 4. The van der Waals surface area contributed by atoms with Crippen molar-refractivity contribution in [2.45, 2.75) is 72.6 Å². The second kappa shape index (κ2) is 12.9. The van der Waals surface area contributed by atoms with Crippen LogP contribution in [0.5, 0.6) is 0 Å². The SMILES string of the molecule is C=C.C=C(C)c1ccc(N)cc1C.CCCC1CCCCC1CC. The number of benzene rings is 1. The van der Waals surface area contributed by atoms with Gasteiger partial charge in [-0.1, -0.05) is 77.0 Å². The van der Waals surface area contributed by atoms with Crippen LogP contribution in [0.15, 0.2) is 37.9 Å². The van der Waals surface area contributed by atoms with Crippen LogP contribution in [-0.2, 0) is 0 Å². The van der Waals surface area contributed by atoms with Gasteiger partial charge in [0.05, 0.1) is 0 Å². The number of allylic oxidation sites excluding steroid dienone is 1. The second-order valence-electron chi connectivity index (χ2n) is 6.86. The summed E-state index contributed by atoms with van der Waals surface area (Å²) in [5.41, 5.74) is 9.88. The molecule has 1 saturated carbocycles. The molecule has 1 aromatic rings. The third-order valence-corrected chi connectivity index (χ3v) is 4.96. The highest BCUT2D eigenvalue weighted by atomic mass is 14.5. The summed E-state index contributed by atoms with van der Waals surface area (Å²) in [6.07, 6.45) is 10.3. The fourth-order valence-electron chi connectivity index (χ4n) is 3.74. The minimum absolute atomic E-state index is 0.813. The van der Waals surface area contributed by atoms with Crippen molar-refractivity contribution in [2.75, 3.05) is 5.73 Å². The lowest BCUT2D eigenvalue weighted by Crippen LogP contribution is -2.18. The van der Waals surface area contributed by atoms with Crippen LogP contribution in [0.1, 0.15) is 76.8 Å². The van der Waals surface area contributed by atoms with Gasteiger partial charge < -0.3 is 5.73 Å². The normalized spacial score (nSPS) is 19.3. The highest BCUT2D eigenvalue weighted by Crippen LogP contribution is 2.34. The summed E-state index contributed by atoms with van der Waals surface area (Å²) < 4.78 is 0. The highest BCUT2D eigenvalue weighted by molar-refractivity contribution is 5.66. The van der Waals surface area contributed by atoms with Crippen LogP contribution in [0.3, 0.4) is 0 Å². The quantitative estimate of drug-likeness (QED) is 0.451. The number of hydrogen-bond acceptors (Lipinski definition) is 1. The van der Waals surface area contributed by atoms with Gasteiger partial charge in [0.1, 0.15) is 0 Å². The van der Waals surface area contributed by atoms with E-state index < -0.39 is 0 Å². The molecule has 1 nitrogen and oxygen atoms in total. The van der Waals surface area contributed by atoms with E-state index >= 15 is 0 Å². The van der Waals surface area contributed by atoms with Gasteiger partial charge in [0, 0.05) is 5.69 Å². The minimum Gasteiger partial charge on any atom is -0.399 e. The van der Waals surface area contributed by atoms with E-state index in [-0.39, 0.29) is 0 Å². The average molecular weight is 330 g/mol. The first kappa shape index (κ1) is 22.5. The van der Waals surface area contributed by atoms with Crippen molar-refractivity contribution in [3.05, 3.63) is 49.1 Å². The van der Waals surface area contributed by atoms with E-state index in [1.807, 2.05) is 32.0 Å². The van der Waals surface area contributed by atoms with Crippen molar-refractivity contribution in [1.82, 2.24) is 0 Å². The van der Waals surface area contributed by atoms with E-state index in [9.17, 15) is 0 Å². The first-order chi connectivity index (χ1) is 11.5. The van der Waals surface area contributed by atoms with Gasteiger partial charge >= 0.3 is 0 Å². The molecule has 0 bridgehead atoms. The fraction of sp³-hybridized carbons (Fsp3) is 0.565. The summed E-state index contributed by atoms with van der Waals surface area (Å²) in [7, 11) is 0. The number of nitrogen functional groups attached to an aromatic ring is 1. The van der Waals surface area contributed by atoms with Gasteiger partial charge in [-0.05, 0) is 48.9 Å². The van der Waals surface area contributed by atoms with E-state index in [2.05, 4.69) is 33.6 Å². The predicted octanol–water partition coefficient (Wildman–Crippen LogP) is 7.42. The monoisotopic (exact) mass is 329 g/mol. The smallest absolute Gasteiger partial charge is 0.0317 e. The van der Waals surface area contributed by atoms with Crippen LogP contribution in [0.25, 0.3) is 5.57 Å². The van der Waals surface area contributed by atoms with Crippen LogP contribution in [0.4, 0.5) is 5.69 Å². The molecule has 1 heteroatoms. The second-order valence-corrected chi connectivity index (χ2v) is 6.86. The third-order valence-electron chi connectivity index (χ3n) is 4.96. The Balaban J connectivity index is 0.000000400. The Labute approximate surface area is 151 Å². The molecule has 24 heavy (non-hydrogen) atoms. The lowest BCUT2D eigenvalue weighted by molar-refractivity contribution is 0.216. The van der Waals surface area contributed by atoms with Gasteiger partial charge in [0.25, 0.3) is 0 Å². The molecule has 0 spiro atoms. The molecule has 0 amide bonds. The molecule has 0 aromatic heterocycles. The summed E-state index contributed by atoms with van der Waals surface area (Å²) in [5, 5.41) is 0. The van der Waals surface area contributed by atoms with Crippen LogP contribution in [0.2, 0.25) is 0 Å². The highest BCUT2D eigenvalue weighted by Gasteiger charge is 2.22. The van der Waals surface area contributed by atoms with Crippen molar-refractivity contribution < 1.29 is 0 Å². The van der Waals surface area contributed by atoms with Gasteiger partial charge in [-0.15, -0.1) is 13.2 Å². The lowest BCUT2D eigenvalue weighted by atomic mass is 9.76. The number of nitrogens with two attached hydrogens (primary N) is 1. The molecule has 0 radical (unpaired) electrons. The van der Waals surface area contributed by atoms with Crippen molar-refractivity contribution in [3.63, 3.8) is 0 Å². The molecule has 136 valence electrons. The number of anilines is 1. The fourth-order valence-corrected chi connectivity index (χ4v) is 3.74. The summed E-state index contributed by atoms with van der Waals surface area (Å²) in [4.78, 5) is 0. The minimum atomic E-state index is 0.813. The summed E-state index contributed by atoms with van der Waals surface area (Å²) in [6, 6.07) is 5.87. The van der Waals surface area contributed by atoms with E-state index in [0.717, 1.165) is 23.1 Å². The molecule has 1 aromatic carbocycles. The van der Waals surface area contributed by atoms with Crippen LogP contribution in [-0.4, -0.2) is 0 Å². The van der Waals surface area contributed by atoms with Crippen LogP contribution < -0.4 is 5.73 Å². The zero-order valence-corrected chi connectivity index (χ0v) is 16.5. The van der Waals surface area contributed by atoms with E-state index in [1.165, 1.54) is 56.1 Å². The molecule has 0 saturated heterocycles.